The van der Waals surface area contributed by atoms with Crippen LogP contribution in [0.15, 0.2) is 53.2 Å². The van der Waals surface area contributed by atoms with Crippen molar-refractivity contribution in [1.82, 2.24) is 26.3 Å². The number of amides is 4. The van der Waals surface area contributed by atoms with Gasteiger partial charge in [0.1, 0.15) is 5.75 Å². The van der Waals surface area contributed by atoms with Crippen molar-refractivity contribution in [1.29, 1.82) is 0 Å². The predicted molar refractivity (Wildman–Crippen MR) is 148 cm³/mol. The summed E-state index contributed by atoms with van der Waals surface area (Å²) in [5, 5.41) is 12.7. The number of para-hydroxylation sites is 1. The lowest BCUT2D eigenvalue weighted by Crippen LogP contribution is -2.62. The first-order valence-electron chi connectivity index (χ1n) is 13.4. The first kappa shape index (κ1) is 25.7. The summed E-state index contributed by atoms with van der Waals surface area (Å²) < 4.78 is 5.88. The van der Waals surface area contributed by atoms with Crippen LogP contribution < -0.4 is 30.9 Å². The maximum atomic E-state index is 13.5. The number of thioether (sulfide) groups is 1. The molecule has 2 aromatic rings. The summed E-state index contributed by atoms with van der Waals surface area (Å²) in [5.41, 5.74) is 2.31. The zero-order valence-corrected chi connectivity index (χ0v) is 22.7. The van der Waals surface area contributed by atoms with E-state index in [-0.39, 0.29) is 47.3 Å². The molecular formula is C28H32N6O4S. The van der Waals surface area contributed by atoms with Gasteiger partial charge in [-0.3, -0.25) is 14.5 Å². The van der Waals surface area contributed by atoms with Crippen molar-refractivity contribution in [3.8, 4) is 11.6 Å². The number of nitrogens with one attached hydrogen (secondary N) is 4. The fourth-order valence-corrected chi connectivity index (χ4v) is 7.52. The van der Waals surface area contributed by atoms with E-state index in [2.05, 4.69) is 26.3 Å². The maximum Gasteiger partial charge on any atom is 0.326 e. The molecule has 4 aliphatic rings. The molecule has 4 N–H and O–H groups in total. The number of ether oxygens (including phenoxy) is 1. The molecule has 3 unspecified atom stereocenters. The zero-order chi connectivity index (χ0) is 27.1. The van der Waals surface area contributed by atoms with E-state index in [1.54, 1.807) is 11.1 Å². The van der Waals surface area contributed by atoms with Crippen LogP contribution in [0.5, 0.6) is 11.6 Å². The van der Waals surface area contributed by atoms with E-state index in [1.165, 1.54) is 18.7 Å². The molecule has 5 atom stereocenters. The highest BCUT2D eigenvalue weighted by molar-refractivity contribution is 8.04. The Kier molecular flexibility index (Phi) is 6.94. The van der Waals surface area contributed by atoms with Crippen molar-refractivity contribution in [3.63, 3.8) is 0 Å². The van der Waals surface area contributed by atoms with Gasteiger partial charge in [0.2, 0.25) is 11.8 Å². The average Bonchev–Trinajstić information content (AvgIpc) is 3.50. The topological polar surface area (TPSA) is 125 Å². The molecule has 1 aromatic carbocycles. The summed E-state index contributed by atoms with van der Waals surface area (Å²) in [7, 11) is 0. The van der Waals surface area contributed by atoms with Crippen LogP contribution in [-0.4, -0.2) is 52.9 Å². The van der Waals surface area contributed by atoms with Gasteiger partial charge in [-0.2, -0.15) is 0 Å². The first-order valence-corrected chi connectivity index (χ1v) is 14.3. The van der Waals surface area contributed by atoms with Crippen LogP contribution in [-0.2, 0) is 9.59 Å². The number of carbonyl (C=O) groups is 3. The molecule has 2 saturated heterocycles. The number of benzene rings is 1. The summed E-state index contributed by atoms with van der Waals surface area (Å²) in [6.45, 7) is 4.20. The molecule has 204 valence electrons. The second-order valence-electron chi connectivity index (χ2n) is 10.5. The van der Waals surface area contributed by atoms with Gasteiger partial charge in [-0.1, -0.05) is 30.0 Å². The minimum Gasteiger partial charge on any atom is -0.439 e. The molecule has 3 aliphatic heterocycles. The fourth-order valence-electron chi connectivity index (χ4n) is 6.12. The minimum absolute atomic E-state index is 0.00410. The molecule has 0 bridgehead atoms. The van der Waals surface area contributed by atoms with Gasteiger partial charge in [0, 0.05) is 36.7 Å². The number of carbonyl (C=O) groups excluding carboxylic acids is 3. The number of hydrogen-bond donors (Lipinski definition) is 4. The largest absolute Gasteiger partial charge is 0.439 e. The van der Waals surface area contributed by atoms with Crippen LogP contribution in [0.1, 0.15) is 38.2 Å². The molecule has 1 aromatic heterocycles. The Bertz CT molecular complexity index is 1330. The van der Waals surface area contributed by atoms with E-state index in [1.807, 2.05) is 43.3 Å². The molecule has 4 amide bonds. The van der Waals surface area contributed by atoms with Gasteiger partial charge in [-0.05, 0) is 56.8 Å². The molecule has 11 heteroatoms. The molecule has 1 aliphatic carbocycles. The predicted octanol–water partition coefficient (Wildman–Crippen LogP) is 3.15. The molecule has 0 radical (unpaired) electrons. The van der Waals surface area contributed by atoms with Crippen molar-refractivity contribution >= 4 is 35.3 Å². The van der Waals surface area contributed by atoms with Crippen LogP contribution in [0, 0.1) is 12.8 Å². The van der Waals surface area contributed by atoms with Crippen molar-refractivity contribution in [3.05, 3.63) is 58.8 Å². The van der Waals surface area contributed by atoms with Gasteiger partial charge in [0.05, 0.1) is 28.2 Å². The van der Waals surface area contributed by atoms with Crippen molar-refractivity contribution < 1.29 is 19.1 Å². The van der Waals surface area contributed by atoms with Crippen molar-refractivity contribution in [2.24, 2.45) is 5.92 Å². The van der Waals surface area contributed by atoms with Crippen LogP contribution in [0.3, 0.4) is 0 Å². The highest BCUT2D eigenvalue weighted by atomic mass is 32.2. The summed E-state index contributed by atoms with van der Waals surface area (Å²) in [6, 6.07) is 11.0. The first-order chi connectivity index (χ1) is 18.9. The van der Waals surface area contributed by atoms with Gasteiger partial charge in [0.15, 0.2) is 0 Å². The molecule has 10 nitrogen and oxygen atoms in total. The third-order valence-corrected chi connectivity index (χ3v) is 9.16. The molecule has 0 spiro atoms. The molecule has 4 heterocycles. The van der Waals surface area contributed by atoms with Gasteiger partial charge < -0.3 is 26.0 Å². The molecule has 1 saturated carbocycles. The lowest BCUT2D eigenvalue weighted by Gasteiger charge is -2.46. The van der Waals surface area contributed by atoms with Crippen LogP contribution >= 0.6 is 11.8 Å². The van der Waals surface area contributed by atoms with E-state index in [0.717, 1.165) is 37.1 Å². The van der Waals surface area contributed by atoms with Gasteiger partial charge in [0.25, 0.3) is 5.91 Å². The number of piperidine rings is 1. The monoisotopic (exact) mass is 548 g/mol. The molecule has 6 rings (SSSR count). The lowest BCUT2D eigenvalue weighted by molar-refractivity contribution is -0.119. The number of pyridine rings is 1. The number of anilines is 1. The normalized spacial score (nSPS) is 27.6. The standard InChI is InChI=1S/C28H32N6O4S/c1-15-12-22(38-19-6-4-3-5-7-19)30-14-21(15)34-20-10-11-29-27-23(20)24(33-28(34)37)25(39-27)26(36)32-18-9-8-17(13-18)31-16(2)35/h3-7,12,14,17-18,20,23,27,29H,8-11,13H2,1-2H3,(H,31,35)(H,32,36)(H,33,37)/t17-,18-,20?,23?,27?/m0/s1. The Balaban J connectivity index is 1.21. The van der Waals surface area contributed by atoms with Gasteiger partial charge >= 0.3 is 6.03 Å². The van der Waals surface area contributed by atoms with E-state index in [0.29, 0.717) is 28.7 Å². The quantitative estimate of drug-likeness (QED) is 0.437. The number of aromatic nitrogens is 1. The summed E-state index contributed by atoms with van der Waals surface area (Å²) in [6.07, 6.45) is 4.82. The Morgan fingerprint density at radius 3 is 2.64 bits per heavy atom. The van der Waals surface area contributed by atoms with E-state index < -0.39 is 0 Å². The van der Waals surface area contributed by atoms with E-state index >= 15 is 0 Å². The van der Waals surface area contributed by atoms with Crippen LogP contribution in [0.4, 0.5) is 10.5 Å². The number of hydrogen-bond acceptors (Lipinski definition) is 7. The summed E-state index contributed by atoms with van der Waals surface area (Å²) in [5.74, 6) is 0.903. The van der Waals surface area contributed by atoms with E-state index in [4.69, 9.17) is 4.74 Å². The summed E-state index contributed by atoms with van der Waals surface area (Å²) >= 11 is 1.49. The molecule has 39 heavy (non-hydrogen) atoms. The summed E-state index contributed by atoms with van der Waals surface area (Å²) in [4.78, 5) is 45.2. The lowest BCUT2D eigenvalue weighted by atomic mass is 9.86. The highest BCUT2D eigenvalue weighted by Crippen LogP contribution is 2.48. The van der Waals surface area contributed by atoms with Crippen LogP contribution in [0.25, 0.3) is 0 Å². The third kappa shape index (κ3) is 5.08. The fraction of sp³-hybridized carbons (Fsp3) is 0.429. The van der Waals surface area contributed by atoms with Gasteiger partial charge in [-0.15, -0.1) is 0 Å². The Labute approximate surface area is 231 Å². The van der Waals surface area contributed by atoms with Gasteiger partial charge in [-0.25, -0.2) is 9.78 Å². The van der Waals surface area contributed by atoms with Crippen molar-refractivity contribution in [2.75, 3.05) is 11.4 Å². The Morgan fingerprint density at radius 1 is 1.13 bits per heavy atom. The van der Waals surface area contributed by atoms with E-state index in [9.17, 15) is 14.4 Å². The smallest absolute Gasteiger partial charge is 0.326 e. The molecular weight excluding hydrogens is 516 g/mol. The maximum absolute atomic E-state index is 13.5. The SMILES string of the molecule is CC(=O)N[C@H]1CC[C@H](NC(=O)C2=C3NC(=O)N(c4cnc(Oc5ccccc5)cc4C)C4CCNC(S2)C34)C1. The van der Waals surface area contributed by atoms with Crippen LogP contribution in [0.2, 0.25) is 0 Å². The minimum atomic E-state index is -0.257. The zero-order valence-electron chi connectivity index (χ0n) is 21.9. The second kappa shape index (κ2) is 10.5. The number of nitrogens with zero attached hydrogens (tertiary/aromatic N) is 2. The highest BCUT2D eigenvalue weighted by Gasteiger charge is 2.52. The number of urea groups is 1. The average molecular weight is 549 g/mol. The Hall–Kier alpha value is -3.57. The number of aryl methyl sites for hydroxylation is 1. The molecule has 3 fully saturated rings. The third-order valence-electron chi connectivity index (χ3n) is 7.81. The number of rotatable bonds is 6. The second-order valence-corrected chi connectivity index (χ2v) is 11.7. The van der Waals surface area contributed by atoms with Crippen molar-refractivity contribution in [2.45, 2.75) is 63.0 Å². The Morgan fingerprint density at radius 2 is 1.90 bits per heavy atom.